The highest BCUT2D eigenvalue weighted by molar-refractivity contribution is 5.99. The van der Waals surface area contributed by atoms with Crippen LogP contribution in [0, 0.1) is 20.8 Å². The summed E-state index contributed by atoms with van der Waals surface area (Å²) in [5, 5.41) is 17.0. The summed E-state index contributed by atoms with van der Waals surface area (Å²) in [7, 11) is 0. The minimum atomic E-state index is -1.24. The Bertz CT molecular complexity index is 842. The van der Waals surface area contributed by atoms with Crippen molar-refractivity contribution < 1.29 is 19.5 Å². The van der Waals surface area contributed by atoms with Crippen LogP contribution in [0.5, 0.6) is 0 Å². The highest BCUT2D eigenvalue weighted by atomic mass is 16.4. The molecule has 2 aromatic rings. The van der Waals surface area contributed by atoms with Crippen molar-refractivity contribution in [3.63, 3.8) is 0 Å². The van der Waals surface area contributed by atoms with Crippen LogP contribution in [-0.4, -0.2) is 35.6 Å². The van der Waals surface area contributed by atoms with Gasteiger partial charge in [-0.05, 0) is 37.5 Å². The van der Waals surface area contributed by atoms with Crippen LogP contribution < -0.4 is 16.0 Å². The number of carboxylic acid groups (broad SMARTS) is 1. The molecule has 0 saturated heterocycles. The molecule has 0 unspecified atom stereocenters. The first-order valence-corrected chi connectivity index (χ1v) is 8.95. The number of hydrogen-bond acceptors (Lipinski definition) is 3. The molecular weight excluding hydrogens is 358 g/mol. The lowest BCUT2D eigenvalue weighted by Crippen LogP contribution is -2.50. The number of carbonyl (C=O) groups excluding carboxylic acids is 2. The third-order valence-electron chi connectivity index (χ3n) is 4.27. The number of amides is 3. The summed E-state index contributed by atoms with van der Waals surface area (Å²) in [6.45, 7) is 5.63. The van der Waals surface area contributed by atoms with E-state index in [0.29, 0.717) is 12.1 Å². The van der Waals surface area contributed by atoms with Crippen molar-refractivity contribution in [2.75, 3.05) is 6.54 Å². The van der Waals surface area contributed by atoms with Gasteiger partial charge in [-0.15, -0.1) is 0 Å². The van der Waals surface area contributed by atoms with Gasteiger partial charge in [-0.1, -0.05) is 48.0 Å². The summed E-state index contributed by atoms with van der Waals surface area (Å²) in [6.07, 6.45) is 0. The van der Waals surface area contributed by atoms with Gasteiger partial charge in [0.15, 0.2) is 0 Å². The molecule has 28 heavy (non-hydrogen) atoms. The standard InChI is InChI=1S/C21H25N3O4/c1-13-9-14(2)18(15(3)10-13)19(25)24-17(20(26)27)12-23-21(28)22-11-16-7-5-4-6-8-16/h4-10,17H,11-12H2,1-3H3,(H,24,25)(H,26,27)(H2,22,23,28)/t17-/m0/s1. The van der Waals surface area contributed by atoms with Crippen LogP contribution in [0.4, 0.5) is 4.79 Å². The number of hydrogen-bond donors (Lipinski definition) is 4. The molecule has 2 aromatic carbocycles. The molecule has 4 N–H and O–H groups in total. The minimum Gasteiger partial charge on any atom is -0.480 e. The first kappa shape index (κ1) is 21.0. The fourth-order valence-corrected chi connectivity index (χ4v) is 3.00. The zero-order valence-electron chi connectivity index (χ0n) is 16.2. The Kier molecular flexibility index (Phi) is 7.14. The van der Waals surface area contributed by atoms with Crippen LogP contribution in [0.3, 0.4) is 0 Å². The molecule has 7 heteroatoms. The van der Waals surface area contributed by atoms with Gasteiger partial charge in [-0.25, -0.2) is 9.59 Å². The molecule has 0 spiro atoms. The highest BCUT2D eigenvalue weighted by Gasteiger charge is 2.23. The average molecular weight is 383 g/mol. The van der Waals surface area contributed by atoms with Crippen molar-refractivity contribution in [2.24, 2.45) is 0 Å². The second-order valence-corrected chi connectivity index (χ2v) is 6.69. The second-order valence-electron chi connectivity index (χ2n) is 6.69. The Labute approximate surface area is 164 Å². The van der Waals surface area contributed by atoms with Gasteiger partial charge in [0.25, 0.3) is 5.91 Å². The molecule has 0 heterocycles. The van der Waals surface area contributed by atoms with Gasteiger partial charge in [-0.2, -0.15) is 0 Å². The van der Waals surface area contributed by atoms with Gasteiger partial charge in [0, 0.05) is 12.1 Å². The van der Waals surface area contributed by atoms with Crippen LogP contribution in [0.1, 0.15) is 32.6 Å². The molecule has 0 fully saturated rings. The van der Waals surface area contributed by atoms with E-state index in [4.69, 9.17) is 0 Å². The predicted octanol–water partition coefficient (Wildman–Crippen LogP) is 2.29. The topological polar surface area (TPSA) is 108 Å². The van der Waals surface area contributed by atoms with E-state index in [1.165, 1.54) is 0 Å². The SMILES string of the molecule is Cc1cc(C)c(C(=O)N[C@@H](CNC(=O)NCc2ccccc2)C(=O)O)c(C)c1. The van der Waals surface area contributed by atoms with Crippen molar-refractivity contribution in [1.82, 2.24) is 16.0 Å². The Balaban J connectivity index is 1.93. The lowest BCUT2D eigenvalue weighted by Gasteiger charge is -2.18. The highest BCUT2D eigenvalue weighted by Crippen LogP contribution is 2.16. The maximum Gasteiger partial charge on any atom is 0.328 e. The lowest BCUT2D eigenvalue weighted by atomic mass is 9.99. The van der Waals surface area contributed by atoms with E-state index in [1.807, 2.05) is 49.4 Å². The third kappa shape index (κ3) is 5.84. The van der Waals surface area contributed by atoms with E-state index in [0.717, 1.165) is 22.3 Å². The van der Waals surface area contributed by atoms with Gasteiger partial charge >= 0.3 is 12.0 Å². The quantitative estimate of drug-likeness (QED) is 0.588. The summed E-state index contributed by atoms with van der Waals surface area (Å²) in [5.41, 5.74) is 3.94. The van der Waals surface area contributed by atoms with E-state index < -0.39 is 23.9 Å². The zero-order valence-corrected chi connectivity index (χ0v) is 16.2. The predicted molar refractivity (Wildman–Crippen MR) is 106 cm³/mol. The van der Waals surface area contributed by atoms with Gasteiger partial charge in [0.05, 0.1) is 6.54 Å². The van der Waals surface area contributed by atoms with Gasteiger partial charge < -0.3 is 21.1 Å². The van der Waals surface area contributed by atoms with E-state index >= 15 is 0 Å². The van der Waals surface area contributed by atoms with E-state index in [9.17, 15) is 19.5 Å². The molecule has 1 atom stereocenters. The van der Waals surface area contributed by atoms with Gasteiger partial charge in [0.1, 0.15) is 6.04 Å². The molecule has 2 rings (SSSR count). The number of urea groups is 1. The Morgan fingerprint density at radius 1 is 0.964 bits per heavy atom. The van der Waals surface area contributed by atoms with Crippen molar-refractivity contribution in [3.05, 3.63) is 70.3 Å². The van der Waals surface area contributed by atoms with Crippen molar-refractivity contribution in [1.29, 1.82) is 0 Å². The molecule has 3 amide bonds. The lowest BCUT2D eigenvalue weighted by molar-refractivity contribution is -0.139. The molecule has 0 aliphatic carbocycles. The van der Waals surface area contributed by atoms with Crippen molar-refractivity contribution >= 4 is 17.9 Å². The van der Waals surface area contributed by atoms with Crippen molar-refractivity contribution in [3.8, 4) is 0 Å². The molecule has 0 radical (unpaired) electrons. The summed E-state index contributed by atoms with van der Waals surface area (Å²) >= 11 is 0. The summed E-state index contributed by atoms with van der Waals surface area (Å²) in [6, 6.07) is 11.3. The number of carbonyl (C=O) groups is 3. The fourth-order valence-electron chi connectivity index (χ4n) is 3.00. The zero-order chi connectivity index (χ0) is 20.7. The van der Waals surface area contributed by atoms with Crippen LogP contribution in [0.2, 0.25) is 0 Å². The van der Waals surface area contributed by atoms with Gasteiger partial charge in [0.2, 0.25) is 0 Å². The number of benzene rings is 2. The summed E-state index contributed by atoms with van der Waals surface area (Å²) in [4.78, 5) is 36.0. The fraction of sp³-hybridized carbons (Fsp3) is 0.286. The average Bonchev–Trinajstić information content (AvgIpc) is 2.63. The Morgan fingerprint density at radius 2 is 1.57 bits per heavy atom. The third-order valence-corrected chi connectivity index (χ3v) is 4.27. The number of aliphatic carboxylic acids is 1. The van der Waals surface area contributed by atoms with Crippen LogP contribution >= 0.6 is 0 Å². The normalized spacial score (nSPS) is 11.4. The number of rotatable bonds is 7. The first-order chi connectivity index (χ1) is 13.3. The number of aryl methyl sites for hydroxylation is 3. The number of nitrogens with one attached hydrogen (secondary N) is 3. The van der Waals surface area contributed by atoms with E-state index in [2.05, 4.69) is 16.0 Å². The maximum atomic E-state index is 12.6. The smallest absolute Gasteiger partial charge is 0.328 e. The largest absolute Gasteiger partial charge is 0.480 e. The van der Waals surface area contributed by atoms with Crippen molar-refractivity contribution in [2.45, 2.75) is 33.4 Å². The van der Waals surface area contributed by atoms with Crippen LogP contribution in [0.25, 0.3) is 0 Å². The van der Waals surface area contributed by atoms with Crippen LogP contribution in [-0.2, 0) is 11.3 Å². The van der Waals surface area contributed by atoms with E-state index in [-0.39, 0.29) is 6.54 Å². The van der Waals surface area contributed by atoms with E-state index in [1.54, 1.807) is 13.8 Å². The molecule has 0 aromatic heterocycles. The van der Waals surface area contributed by atoms with Crippen LogP contribution in [0.15, 0.2) is 42.5 Å². The molecule has 7 nitrogen and oxygen atoms in total. The monoisotopic (exact) mass is 383 g/mol. The Morgan fingerprint density at radius 3 is 2.14 bits per heavy atom. The second kappa shape index (κ2) is 9.55. The number of carboxylic acids is 1. The molecule has 148 valence electrons. The first-order valence-electron chi connectivity index (χ1n) is 8.95. The molecule has 0 bridgehead atoms. The minimum absolute atomic E-state index is 0.231. The summed E-state index contributed by atoms with van der Waals surface area (Å²) in [5.74, 6) is -1.70. The Hall–Kier alpha value is -3.35. The summed E-state index contributed by atoms with van der Waals surface area (Å²) < 4.78 is 0. The molecule has 0 saturated carbocycles. The molecule has 0 aliphatic rings. The van der Waals surface area contributed by atoms with Gasteiger partial charge in [-0.3, -0.25) is 4.79 Å². The molecule has 0 aliphatic heterocycles. The maximum absolute atomic E-state index is 12.6. The molecular formula is C21H25N3O4.